The van der Waals surface area contributed by atoms with Crippen molar-refractivity contribution in [2.24, 2.45) is 11.3 Å². The first-order valence-electron chi connectivity index (χ1n) is 18.8. The van der Waals surface area contributed by atoms with E-state index in [0.717, 1.165) is 67.6 Å². The van der Waals surface area contributed by atoms with E-state index in [-0.39, 0.29) is 53.2 Å². The van der Waals surface area contributed by atoms with Crippen molar-refractivity contribution in [3.63, 3.8) is 0 Å². The number of ether oxygens (including phenoxy) is 4. The molecular formula is C41H53NO8S2. The molecule has 3 aromatic rings. The molecule has 2 aromatic carbocycles. The highest BCUT2D eigenvalue weighted by atomic mass is 33.1. The standard InChI is InChI=1S/C41H53NO8S2/c1-3-4-5-14-41(23-29-11-12-34(44)37(18-29)49-32-10-6-8-30(17-32)25-51-52-26-41)39-22-33(48-27(2)43)21-36(50-39)31-19-35(45)40(46)38(20-31)47-16-13-28-9-7-15-42-24-28/h7,9,11-12,15,18-20,24,30,32-33,36,39,44-46H,3-6,8,10,13-14,16-17,21-23,25-26H2,1-2H3/t30-,32-,33-,36-,39+,41-/m0/s1. The van der Waals surface area contributed by atoms with Crippen molar-refractivity contribution in [2.45, 2.75) is 115 Å². The molecule has 52 heavy (non-hydrogen) atoms. The third kappa shape index (κ3) is 10.0. The lowest BCUT2D eigenvalue weighted by molar-refractivity contribution is -0.173. The van der Waals surface area contributed by atoms with E-state index in [9.17, 15) is 20.1 Å². The number of rotatable bonds is 11. The Bertz CT molecular complexity index is 1630. The number of hydrogen-bond acceptors (Lipinski definition) is 11. The first kappa shape index (κ1) is 38.4. The number of carbonyl (C=O) groups excluding carboxylic acids is 1. The van der Waals surface area contributed by atoms with Crippen molar-refractivity contribution >= 4 is 27.6 Å². The molecule has 3 aliphatic rings. The minimum absolute atomic E-state index is 0.0958. The number of aromatic nitrogens is 1. The number of phenolic OH excluding ortho intramolecular Hbond substituents is 3. The molecule has 3 heterocycles. The van der Waals surface area contributed by atoms with Crippen LogP contribution in [0.1, 0.15) is 101 Å². The number of phenols is 3. The van der Waals surface area contributed by atoms with Crippen molar-refractivity contribution < 1.29 is 39.1 Å². The summed E-state index contributed by atoms with van der Waals surface area (Å²) in [6, 6.07) is 12.9. The monoisotopic (exact) mass is 751 g/mol. The quantitative estimate of drug-likeness (QED) is 0.0751. The first-order valence-corrected chi connectivity index (χ1v) is 21.3. The molecule has 2 aliphatic heterocycles. The SMILES string of the molecule is CCCCC[C@@]1([C@H]2C[C@@H](OC(C)=O)C[C@@H](c3cc(O)c(O)c(OCCc4cccnc4)c3)O2)CSSC[C@H]2CCC[C@@H](C2)Oc2cc(ccc2O)C1. The molecule has 0 amide bonds. The molecule has 6 rings (SSSR count). The van der Waals surface area contributed by atoms with Gasteiger partial charge in [0.25, 0.3) is 0 Å². The highest BCUT2D eigenvalue weighted by Crippen LogP contribution is 2.50. The molecule has 1 saturated heterocycles. The van der Waals surface area contributed by atoms with E-state index < -0.39 is 12.2 Å². The van der Waals surface area contributed by atoms with Crippen molar-refractivity contribution in [3.05, 3.63) is 71.5 Å². The molecule has 0 radical (unpaired) electrons. The van der Waals surface area contributed by atoms with Gasteiger partial charge in [0.1, 0.15) is 6.10 Å². The number of fused-ring (bicyclic) bond motifs is 4. The van der Waals surface area contributed by atoms with Crippen molar-refractivity contribution in [3.8, 4) is 28.7 Å². The third-order valence-corrected chi connectivity index (χ3v) is 13.5. The molecule has 282 valence electrons. The van der Waals surface area contributed by atoms with E-state index in [1.807, 2.05) is 45.9 Å². The highest BCUT2D eigenvalue weighted by Gasteiger charge is 2.46. The van der Waals surface area contributed by atoms with Gasteiger partial charge < -0.3 is 34.3 Å². The summed E-state index contributed by atoms with van der Waals surface area (Å²) in [5.41, 5.74) is 2.38. The largest absolute Gasteiger partial charge is 0.504 e. The maximum atomic E-state index is 12.4. The molecule has 0 unspecified atom stereocenters. The predicted octanol–water partition coefficient (Wildman–Crippen LogP) is 9.11. The highest BCUT2D eigenvalue weighted by molar-refractivity contribution is 8.76. The van der Waals surface area contributed by atoms with Crippen LogP contribution in [0.5, 0.6) is 28.7 Å². The van der Waals surface area contributed by atoms with Gasteiger partial charge in [-0.1, -0.05) is 59.9 Å². The second-order valence-corrected chi connectivity index (χ2v) is 17.3. The third-order valence-electron chi connectivity index (χ3n) is 10.7. The van der Waals surface area contributed by atoms with E-state index >= 15 is 0 Å². The zero-order chi connectivity index (χ0) is 36.5. The van der Waals surface area contributed by atoms with Crippen LogP contribution in [0, 0.1) is 11.3 Å². The Morgan fingerprint density at radius 3 is 2.73 bits per heavy atom. The lowest BCUT2D eigenvalue weighted by Crippen LogP contribution is -2.47. The molecule has 2 fully saturated rings. The van der Waals surface area contributed by atoms with Gasteiger partial charge in [0.2, 0.25) is 5.75 Å². The Kier molecular flexibility index (Phi) is 13.4. The maximum absolute atomic E-state index is 12.4. The van der Waals surface area contributed by atoms with Crippen LogP contribution in [-0.4, -0.2) is 62.7 Å². The maximum Gasteiger partial charge on any atom is 0.302 e. The van der Waals surface area contributed by atoms with E-state index in [0.29, 0.717) is 42.9 Å². The fourth-order valence-electron chi connectivity index (χ4n) is 8.02. The fraction of sp³-hybridized carbons (Fsp3) is 0.561. The lowest BCUT2D eigenvalue weighted by Gasteiger charge is -2.47. The van der Waals surface area contributed by atoms with Gasteiger partial charge in [0.05, 0.1) is 24.9 Å². The summed E-state index contributed by atoms with van der Waals surface area (Å²) < 4.78 is 25.6. The average Bonchev–Trinajstić information content (AvgIpc) is 3.13. The topological polar surface area (TPSA) is 128 Å². The number of pyridine rings is 1. The van der Waals surface area contributed by atoms with Gasteiger partial charge in [-0.25, -0.2) is 0 Å². The molecular weight excluding hydrogens is 699 g/mol. The molecule has 3 N–H and O–H groups in total. The number of carbonyl (C=O) groups is 1. The van der Waals surface area contributed by atoms with E-state index in [1.165, 1.54) is 19.4 Å². The zero-order valence-electron chi connectivity index (χ0n) is 30.3. The molecule has 4 bridgehead atoms. The van der Waals surface area contributed by atoms with Crippen LogP contribution in [0.15, 0.2) is 54.9 Å². The van der Waals surface area contributed by atoms with Crippen molar-refractivity contribution in [1.29, 1.82) is 0 Å². The summed E-state index contributed by atoms with van der Waals surface area (Å²) >= 11 is 0. The minimum Gasteiger partial charge on any atom is -0.504 e. The van der Waals surface area contributed by atoms with Crippen molar-refractivity contribution in [2.75, 3.05) is 18.1 Å². The van der Waals surface area contributed by atoms with Crippen LogP contribution in [0.25, 0.3) is 0 Å². The summed E-state index contributed by atoms with van der Waals surface area (Å²) in [7, 11) is 3.85. The van der Waals surface area contributed by atoms with Crippen LogP contribution in [0.3, 0.4) is 0 Å². The molecule has 1 saturated carbocycles. The van der Waals surface area contributed by atoms with Gasteiger partial charge in [-0.05, 0) is 91.5 Å². The van der Waals surface area contributed by atoms with Gasteiger partial charge in [0, 0.05) is 55.5 Å². The number of benzene rings is 2. The smallest absolute Gasteiger partial charge is 0.302 e. The van der Waals surface area contributed by atoms with Crippen molar-refractivity contribution in [1.82, 2.24) is 4.98 Å². The Morgan fingerprint density at radius 1 is 1.04 bits per heavy atom. The number of esters is 1. The Hall–Kier alpha value is -3.28. The predicted molar refractivity (Wildman–Crippen MR) is 205 cm³/mol. The second-order valence-electron chi connectivity index (χ2n) is 14.8. The number of hydrogen-bond donors (Lipinski definition) is 3. The van der Waals surface area contributed by atoms with Gasteiger partial charge in [-0.2, -0.15) is 0 Å². The van der Waals surface area contributed by atoms with Crippen LogP contribution in [0.4, 0.5) is 0 Å². The first-order chi connectivity index (χ1) is 25.2. The van der Waals surface area contributed by atoms with E-state index in [1.54, 1.807) is 24.5 Å². The molecule has 1 aliphatic carbocycles. The van der Waals surface area contributed by atoms with Gasteiger partial charge in [-0.15, -0.1) is 0 Å². The summed E-state index contributed by atoms with van der Waals surface area (Å²) in [4.78, 5) is 16.6. The number of nitrogens with zero attached hydrogens (tertiary/aromatic N) is 1. The van der Waals surface area contributed by atoms with E-state index in [4.69, 9.17) is 18.9 Å². The van der Waals surface area contributed by atoms with Gasteiger partial charge in [0.15, 0.2) is 23.0 Å². The Morgan fingerprint density at radius 2 is 1.92 bits per heavy atom. The van der Waals surface area contributed by atoms with E-state index in [2.05, 4.69) is 11.9 Å². The summed E-state index contributed by atoms with van der Waals surface area (Å²) in [5, 5.41) is 32.6. The molecule has 0 spiro atoms. The van der Waals surface area contributed by atoms with Crippen LogP contribution in [0.2, 0.25) is 0 Å². The summed E-state index contributed by atoms with van der Waals surface area (Å²) in [5.74, 6) is 2.35. The summed E-state index contributed by atoms with van der Waals surface area (Å²) in [6.07, 6.45) is 13.0. The average molecular weight is 752 g/mol. The minimum atomic E-state index is -0.529. The number of aromatic hydroxyl groups is 3. The van der Waals surface area contributed by atoms with Gasteiger partial charge >= 0.3 is 5.97 Å². The number of unbranched alkanes of at least 4 members (excludes halogenated alkanes) is 2. The van der Waals surface area contributed by atoms with Crippen LogP contribution >= 0.6 is 21.6 Å². The molecule has 9 nitrogen and oxygen atoms in total. The van der Waals surface area contributed by atoms with Crippen LogP contribution < -0.4 is 9.47 Å². The summed E-state index contributed by atoms with van der Waals surface area (Å²) in [6.45, 7) is 3.93. The molecule has 11 heteroatoms. The molecule has 6 atom stereocenters. The Labute approximate surface area is 315 Å². The zero-order valence-corrected chi connectivity index (χ0v) is 32.0. The van der Waals surface area contributed by atoms with Gasteiger partial charge in [-0.3, -0.25) is 9.78 Å². The Balaban J connectivity index is 1.33. The fourth-order valence-corrected chi connectivity index (χ4v) is 11.2. The van der Waals surface area contributed by atoms with Crippen LogP contribution in [-0.2, 0) is 27.1 Å². The lowest BCUT2D eigenvalue weighted by atomic mass is 9.71. The second kappa shape index (κ2) is 18.2. The normalized spacial score (nSPS) is 26.5. The molecule has 1 aromatic heterocycles.